The third-order valence-electron chi connectivity index (χ3n) is 2.11. The Morgan fingerprint density at radius 2 is 1.94 bits per heavy atom. The van der Waals surface area contributed by atoms with E-state index in [9.17, 15) is 9.59 Å². The maximum absolute atomic E-state index is 11.3. The topological polar surface area (TPSA) is 104 Å². The van der Waals surface area contributed by atoms with Gasteiger partial charge in [0.1, 0.15) is 6.04 Å². The number of benzene rings is 1. The molecule has 0 aromatic heterocycles. The van der Waals surface area contributed by atoms with Crippen LogP contribution in [0.3, 0.4) is 0 Å². The summed E-state index contributed by atoms with van der Waals surface area (Å²) in [5.41, 5.74) is 2.76. The molecule has 0 bridgehead atoms. The Labute approximate surface area is 106 Å². The molecule has 7 heteroatoms. The number of carboxylic acid groups (broad SMARTS) is 1. The zero-order valence-corrected chi connectivity index (χ0v) is 10.4. The number of rotatable bonds is 4. The average Bonchev–Trinajstić information content (AvgIpc) is 2.29. The highest BCUT2D eigenvalue weighted by Gasteiger charge is 2.19. The molecular formula is C10H12BrN3O3. The molecule has 0 heterocycles. The second kappa shape index (κ2) is 6.21. The predicted octanol–water partition coefficient (Wildman–Crippen LogP) is 0.618. The van der Waals surface area contributed by atoms with Crippen molar-refractivity contribution in [2.24, 2.45) is 5.84 Å². The summed E-state index contributed by atoms with van der Waals surface area (Å²) in [6.45, 7) is 0. The van der Waals surface area contributed by atoms with Gasteiger partial charge in [0, 0.05) is 10.9 Å². The largest absolute Gasteiger partial charge is 0.465 e. The van der Waals surface area contributed by atoms with Crippen LogP contribution in [0.5, 0.6) is 0 Å². The van der Waals surface area contributed by atoms with E-state index >= 15 is 0 Å². The number of halogens is 1. The molecule has 0 aliphatic rings. The van der Waals surface area contributed by atoms with Gasteiger partial charge in [-0.1, -0.05) is 28.1 Å². The number of carbonyl (C=O) groups is 2. The van der Waals surface area contributed by atoms with Gasteiger partial charge in [-0.05, 0) is 17.7 Å². The van der Waals surface area contributed by atoms with E-state index in [4.69, 9.17) is 10.9 Å². The summed E-state index contributed by atoms with van der Waals surface area (Å²) >= 11 is 3.29. The van der Waals surface area contributed by atoms with Crippen molar-refractivity contribution in [2.45, 2.75) is 12.5 Å². The van der Waals surface area contributed by atoms with E-state index in [-0.39, 0.29) is 6.42 Å². The molecule has 0 aliphatic carbocycles. The fraction of sp³-hybridized carbons (Fsp3) is 0.200. The van der Waals surface area contributed by atoms with Crippen molar-refractivity contribution in [3.05, 3.63) is 34.3 Å². The first-order valence-corrected chi connectivity index (χ1v) is 5.56. The van der Waals surface area contributed by atoms with E-state index in [1.54, 1.807) is 12.1 Å². The van der Waals surface area contributed by atoms with Gasteiger partial charge in [0.05, 0.1) is 0 Å². The van der Waals surface area contributed by atoms with Gasteiger partial charge in [0.25, 0.3) is 5.91 Å². The van der Waals surface area contributed by atoms with Gasteiger partial charge < -0.3 is 10.4 Å². The summed E-state index contributed by atoms with van der Waals surface area (Å²) in [7, 11) is 0. The van der Waals surface area contributed by atoms with Gasteiger partial charge in [0.2, 0.25) is 0 Å². The molecule has 17 heavy (non-hydrogen) atoms. The van der Waals surface area contributed by atoms with Gasteiger partial charge in [0.15, 0.2) is 0 Å². The Balaban J connectivity index is 2.75. The van der Waals surface area contributed by atoms with Crippen molar-refractivity contribution in [2.75, 3.05) is 0 Å². The van der Waals surface area contributed by atoms with Gasteiger partial charge in [-0.15, -0.1) is 0 Å². The van der Waals surface area contributed by atoms with Crippen molar-refractivity contribution in [1.82, 2.24) is 10.7 Å². The molecule has 0 saturated heterocycles. The molecule has 5 N–H and O–H groups in total. The van der Waals surface area contributed by atoms with E-state index in [1.807, 2.05) is 17.6 Å². The van der Waals surface area contributed by atoms with Crippen LogP contribution in [0, 0.1) is 0 Å². The molecule has 0 aliphatic heterocycles. The van der Waals surface area contributed by atoms with Crippen LogP contribution in [0.4, 0.5) is 4.79 Å². The summed E-state index contributed by atoms with van der Waals surface area (Å²) in [5, 5.41) is 10.7. The SMILES string of the molecule is NNC(=O)C(Cc1ccc(Br)cc1)NC(=O)O. The fourth-order valence-corrected chi connectivity index (χ4v) is 1.58. The minimum atomic E-state index is -1.27. The lowest BCUT2D eigenvalue weighted by atomic mass is 10.1. The molecule has 1 rings (SSSR count). The molecule has 6 nitrogen and oxygen atoms in total. The summed E-state index contributed by atoms with van der Waals surface area (Å²) in [6.07, 6.45) is -1.03. The highest BCUT2D eigenvalue weighted by molar-refractivity contribution is 9.10. The van der Waals surface area contributed by atoms with Crippen LogP contribution in [0.1, 0.15) is 5.56 Å². The molecule has 0 saturated carbocycles. The molecule has 0 radical (unpaired) electrons. The van der Waals surface area contributed by atoms with Gasteiger partial charge in [-0.2, -0.15) is 0 Å². The van der Waals surface area contributed by atoms with Crippen LogP contribution in [0.25, 0.3) is 0 Å². The molecule has 1 atom stereocenters. The second-order valence-electron chi connectivity index (χ2n) is 3.34. The number of hydrogen-bond donors (Lipinski definition) is 4. The maximum Gasteiger partial charge on any atom is 0.405 e. The van der Waals surface area contributed by atoms with E-state index in [0.717, 1.165) is 10.0 Å². The zero-order valence-electron chi connectivity index (χ0n) is 8.81. The van der Waals surface area contributed by atoms with E-state index in [2.05, 4.69) is 21.2 Å². The highest BCUT2D eigenvalue weighted by atomic mass is 79.9. The van der Waals surface area contributed by atoms with Gasteiger partial charge >= 0.3 is 6.09 Å². The van der Waals surface area contributed by atoms with Gasteiger partial charge in [-0.25, -0.2) is 10.6 Å². The van der Waals surface area contributed by atoms with Crippen LogP contribution in [0.15, 0.2) is 28.7 Å². The molecule has 1 aromatic rings. The minimum Gasteiger partial charge on any atom is -0.465 e. The number of nitrogens with one attached hydrogen (secondary N) is 2. The minimum absolute atomic E-state index is 0.239. The Morgan fingerprint density at radius 3 is 2.41 bits per heavy atom. The first kappa shape index (κ1) is 13.5. The van der Waals surface area contributed by atoms with Crippen molar-refractivity contribution in [3.63, 3.8) is 0 Å². The predicted molar refractivity (Wildman–Crippen MR) is 65.1 cm³/mol. The lowest BCUT2D eigenvalue weighted by Gasteiger charge is -2.15. The molecule has 92 valence electrons. The van der Waals surface area contributed by atoms with Crippen LogP contribution in [0.2, 0.25) is 0 Å². The molecule has 1 aromatic carbocycles. The zero-order chi connectivity index (χ0) is 12.8. The van der Waals surface area contributed by atoms with Crippen molar-refractivity contribution >= 4 is 27.9 Å². The Bertz CT molecular complexity index is 408. The summed E-state index contributed by atoms with van der Waals surface area (Å²) in [4.78, 5) is 21.9. The van der Waals surface area contributed by atoms with Crippen LogP contribution in [-0.2, 0) is 11.2 Å². The quantitative estimate of drug-likeness (QED) is 0.372. The van der Waals surface area contributed by atoms with Crippen molar-refractivity contribution < 1.29 is 14.7 Å². The van der Waals surface area contributed by atoms with Crippen LogP contribution >= 0.6 is 15.9 Å². The molecular weight excluding hydrogens is 290 g/mol. The lowest BCUT2D eigenvalue weighted by Crippen LogP contribution is -2.49. The molecule has 0 spiro atoms. The van der Waals surface area contributed by atoms with Crippen LogP contribution < -0.4 is 16.6 Å². The standard InChI is InChI=1S/C10H12BrN3O3/c11-7-3-1-6(2-4-7)5-8(9(15)14-12)13-10(16)17/h1-4,8,13H,5,12H2,(H,14,15)(H,16,17). The normalized spacial score (nSPS) is 11.6. The number of hydrazine groups is 1. The Kier molecular flexibility index (Phi) is 4.92. The first-order valence-electron chi connectivity index (χ1n) is 4.77. The van der Waals surface area contributed by atoms with E-state index < -0.39 is 18.0 Å². The third kappa shape index (κ3) is 4.41. The number of hydrogen-bond acceptors (Lipinski definition) is 3. The first-order chi connectivity index (χ1) is 8.02. The summed E-state index contributed by atoms with van der Waals surface area (Å²) in [5.74, 6) is 4.41. The third-order valence-corrected chi connectivity index (χ3v) is 2.64. The van der Waals surface area contributed by atoms with Crippen molar-refractivity contribution in [1.29, 1.82) is 0 Å². The van der Waals surface area contributed by atoms with Crippen LogP contribution in [-0.4, -0.2) is 23.1 Å². The lowest BCUT2D eigenvalue weighted by molar-refractivity contribution is -0.123. The Morgan fingerprint density at radius 1 is 1.35 bits per heavy atom. The molecule has 0 fully saturated rings. The molecule has 2 amide bonds. The van der Waals surface area contributed by atoms with Crippen molar-refractivity contribution in [3.8, 4) is 0 Å². The van der Waals surface area contributed by atoms with E-state index in [1.165, 1.54) is 0 Å². The average molecular weight is 302 g/mol. The van der Waals surface area contributed by atoms with E-state index in [0.29, 0.717) is 0 Å². The number of amides is 2. The number of nitrogens with two attached hydrogens (primary N) is 1. The smallest absolute Gasteiger partial charge is 0.405 e. The fourth-order valence-electron chi connectivity index (χ4n) is 1.32. The second-order valence-corrected chi connectivity index (χ2v) is 4.26. The summed E-state index contributed by atoms with van der Waals surface area (Å²) in [6, 6.07) is 6.31. The van der Waals surface area contributed by atoms with Gasteiger partial charge in [-0.3, -0.25) is 10.2 Å². The monoisotopic (exact) mass is 301 g/mol. The number of carbonyl (C=O) groups excluding carboxylic acids is 1. The summed E-state index contributed by atoms with van der Waals surface area (Å²) < 4.78 is 0.910. The maximum atomic E-state index is 11.3. The molecule has 1 unspecified atom stereocenters. The Hall–Kier alpha value is -1.60. The highest BCUT2D eigenvalue weighted by Crippen LogP contribution is 2.12.